The van der Waals surface area contributed by atoms with Crippen molar-refractivity contribution in [1.29, 1.82) is 0 Å². The minimum absolute atomic E-state index is 0. The Morgan fingerprint density at radius 3 is 2.24 bits per heavy atom. The van der Waals surface area contributed by atoms with Crippen LogP contribution in [0.3, 0.4) is 0 Å². The molecule has 182 valence electrons. The van der Waals surface area contributed by atoms with E-state index in [-0.39, 0.29) is 39.1 Å². The summed E-state index contributed by atoms with van der Waals surface area (Å²) in [6.45, 7) is 3.11. The molecule has 0 spiro atoms. The minimum Gasteiger partial charge on any atom is -0.372 e. The van der Waals surface area contributed by atoms with E-state index in [1.54, 1.807) is 30.3 Å². The average Bonchev–Trinajstić information content (AvgIpc) is 2.98. The molecule has 4 aliphatic rings. The SMILES string of the molecule is Cl.NC(=O)c1cc(Cl)c2c(c1)N(CCN1CC3CCC(CC3)C1)C(=O)C2(O)c1ccccc1Cl. The zero-order chi connectivity index (χ0) is 23.3. The van der Waals surface area contributed by atoms with Gasteiger partial charge in [-0.25, -0.2) is 0 Å². The maximum atomic E-state index is 13.8. The lowest BCUT2D eigenvalue weighted by Gasteiger charge is -2.27. The Hall–Kier alpha value is -1.83. The number of benzene rings is 2. The number of amides is 2. The molecule has 1 atom stereocenters. The summed E-state index contributed by atoms with van der Waals surface area (Å²) in [5.41, 5.74) is 4.57. The van der Waals surface area contributed by atoms with E-state index in [1.807, 2.05) is 0 Å². The van der Waals surface area contributed by atoms with Gasteiger partial charge < -0.3 is 20.6 Å². The molecule has 3 N–H and O–H groups in total. The molecule has 1 aliphatic carbocycles. The molecule has 9 heteroatoms. The molecular weight excluding hydrogens is 497 g/mol. The van der Waals surface area contributed by atoms with Crippen molar-refractivity contribution in [3.05, 3.63) is 63.1 Å². The van der Waals surface area contributed by atoms with E-state index < -0.39 is 17.4 Å². The standard InChI is InChI=1S/C25H27Cl2N3O3.ClH/c26-19-4-2-1-3-18(19)25(33)22-20(27)11-17(23(28)31)12-21(22)30(24(25)32)10-9-29-13-15-5-6-16(14-29)8-7-15;/h1-4,11-12,15-16,33H,5-10,13-14H2,(H2,28,31);1H. The summed E-state index contributed by atoms with van der Waals surface area (Å²) in [4.78, 5) is 29.7. The van der Waals surface area contributed by atoms with Gasteiger partial charge in [-0.05, 0) is 55.7 Å². The summed E-state index contributed by atoms with van der Waals surface area (Å²) in [7, 11) is 0. The summed E-state index contributed by atoms with van der Waals surface area (Å²) < 4.78 is 0. The molecule has 3 fully saturated rings. The van der Waals surface area contributed by atoms with Crippen molar-refractivity contribution in [1.82, 2.24) is 4.90 Å². The Morgan fingerprint density at radius 1 is 1.03 bits per heavy atom. The van der Waals surface area contributed by atoms with Gasteiger partial charge in [-0.15, -0.1) is 12.4 Å². The molecule has 2 bridgehead atoms. The van der Waals surface area contributed by atoms with Gasteiger partial charge in [0.2, 0.25) is 5.91 Å². The number of carbonyl (C=O) groups excluding carboxylic acids is 2. The fourth-order valence-electron chi connectivity index (χ4n) is 5.77. The number of hydrogen-bond acceptors (Lipinski definition) is 4. The number of anilines is 1. The van der Waals surface area contributed by atoms with Crippen LogP contribution in [0.1, 0.15) is 47.2 Å². The van der Waals surface area contributed by atoms with Gasteiger partial charge in [0.05, 0.1) is 10.7 Å². The number of nitrogens with zero attached hydrogens (tertiary/aromatic N) is 2. The van der Waals surface area contributed by atoms with E-state index in [1.165, 1.54) is 36.6 Å². The lowest BCUT2D eigenvalue weighted by molar-refractivity contribution is -0.132. The third-order valence-electron chi connectivity index (χ3n) is 7.46. The third kappa shape index (κ3) is 4.20. The zero-order valence-corrected chi connectivity index (χ0v) is 21.0. The number of aliphatic hydroxyl groups is 1. The highest BCUT2D eigenvalue weighted by atomic mass is 35.5. The minimum atomic E-state index is -2.04. The first-order valence-corrected chi connectivity index (χ1v) is 12.2. The first-order chi connectivity index (χ1) is 15.8. The number of halogens is 3. The van der Waals surface area contributed by atoms with Crippen LogP contribution in [-0.2, 0) is 10.4 Å². The lowest BCUT2D eigenvalue weighted by Crippen LogP contribution is -2.44. The number of rotatable bonds is 5. The van der Waals surface area contributed by atoms with E-state index in [2.05, 4.69) is 4.90 Å². The molecule has 0 radical (unpaired) electrons. The molecule has 1 unspecified atom stereocenters. The summed E-state index contributed by atoms with van der Waals surface area (Å²) in [6, 6.07) is 9.64. The summed E-state index contributed by atoms with van der Waals surface area (Å²) in [5.74, 6) is 0.249. The first-order valence-electron chi connectivity index (χ1n) is 11.4. The number of carbonyl (C=O) groups is 2. The van der Waals surface area contributed by atoms with Gasteiger partial charge in [0.15, 0.2) is 5.60 Å². The van der Waals surface area contributed by atoms with Gasteiger partial charge in [0, 0.05) is 47.9 Å². The highest BCUT2D eigenvalue weighted by molar-refractivity contribution is 6.35. The quantitative estimate of drug-likeness (QED) is 0.613. The second-order valence-electron chi connectivity index (χ2n) is 9.51. The van der Waals surface area contributed by atoms with Crippen molar-refractivity contribution in [3.63, 3.8) is 0 Å². The van der Waals surface area contributed by atoms with E-state index in [0.29, 0.717) is 30.6 Å². The van der Waals surface area contributed by atoms with Crippen LogP contribution in [0.5, 0.6) is 0 Å². The average molecular weight is 525 g/mol. The van der Waals surface area contributed by atoms with Crippen molar-refractivity contribution < 1.29 is 14.7 Å². The van der Waals surface area contributed by atoms with E-state index in [0.717, 1.165) is 13.1 Å². The Balaban J connectivity index is 0.00000274. The lowest BCUT2D eigenvalue weighted by atomic mass is 9.84. The first kappa shape index (κ1) is 25.3. The molecule has 2 amide bonds. The smallest absolute Gasteiger partial charge is 0.268 e. The number of primary amides is 1. The maximum Gasteiger partial charge on any atom is 0.268 e. The number of fused-ring (bicyclic) bond motifs is 5. The molecule has 34 heavy (non-hydrogen) atoms. The Labute approximate surface area is 215 Å². The van der Waals surface area contributed by atoms with Crippen LogP contribution in [0.25, 0.3) is 0 Å². The third-order valence-corrected chi connectivity index (χ3v) is 8.09. The van der Waals surface area contributed by atoms with Gasteiger partial charge in [-0.1, -0.05) is 41.4 Å². The van der Waals surface area contributed by atoms with Gasteiger partial charge in [-0.2, -0.15) is 0 Å². The van der Waals surface area contributed by atoms with Crippen molar-refractivity contribution in [3.8, 4) is 0 Å². The fourth-order valence-corrected chi connectivity index (χ4v) is 6.39. The summed E-state index contributed by atoms with van der Waals surface area (Å²) in [5, 5.41) is 12.2. The van der Waals surface area contributed by atoms with Crippen LogP contribution in [-0.4, -0.2) is 48.0 Å². The Bertz CT molecular complexity index is 1110. The normalized spacial score (nSPS) is 26.2. The van der Waals surface area contributed by atoms with E-state index in [9.17, 15) is 14.7 Å². The molecule has 0 aromatic heterocycles. The topological polar surface area (TPSA) is 86.9 Å². The number of hydrogen-bond donors (Lipinski definition) is 2. The molecular formula is C25H28Cl3N3O3. The predicted octanol–water partition coefficient (Wildman–Crippen LogP) is 4.22. The fraction of sp³-hybridized carbons (Fsp3) is 0.440. The van der Waals surface area contributed by atoms with Crippen molar-refractivity contribution in [2.24, 2.45) is 17.6 Å². The van der Waals surface area contributed by atoms with Crippen LogP contribution in [0.2, 0.25) is 10.0 Å². The maximum absolute atomic E-state index is 13.8. The number of nitrogens with two attached hydrogens (primary N) is 1. The zero-order valence-electron chi connectivity index (χ0n) is 18.7. The molecule has 1 saturated carbocycles. The molecule has 2 aromatic carbocycles. The molecule has 3 aliphatic heterocycles. The highest BCUT2D eigenvalue weighted by Crippen LogP contribution is 2.49. The Morgan fingerprint density at radius 2 is 1.65 bits per heavy atom. The van der Waals surface area contributed by atoms with E-state index in [4.69, 9.17) is 28.9 Å². The Kier molecular flexibility index (Phi) is 7.19. The van der Waals surface area contributed by atoms with Crippen LogP contribution < -0.4 is 10.6 Å². The van der Waals surface area contributed by atoms with Crippen molar-refractivity contribution in [2.45, 2.75) is 31.3 Å². The summed E-state index contributed by atoms with van der Waals surface area (Å²) >= 11 is 13.0. The second kappa shape index (κ2) is 9.67. The largest absolute Gasteiger partial charge is 0.372 e. The molecule has 6 rings (SSSR count). The van der Waals surface area contributed by atoms with Gasteiger partial charge in [0.25, 0.3) is 5.91 Å². The van der Waals surface area contributed by atoms with Crippen molar-refractivity contribution in [2.75, 3.05) is 31.1 Å². The van der Waals surface area contributed by atoms with Crippen LogP contribution >= 0.6 is 35.6 Å². The second-order valence-corrected chi connectivity index (χ2v) is 10.3. The van der Waals surface area contributed by atoms with Gasteiger partial charge >= 0.3 is 0 Å². The molecule has 6 nitrogen and oxygen atoms in total. The monoisotopic (exact) mass is 523 g/mol. The molecule has 3 heterocycles. The van der Waals surface area contributed by atoms with Crippen LogP contribution in [0, 0.1) is 11.8 Å². The predicted molar refractivity (Wildman–Crippen MR) is 136 cm³/mol. The van der Waals surface area contributed by atoms with Crippen LogP contribution in [0.4, 0.5) is 5.69 Å². The molecule has 2 aromatic rings. The van der Waals surface area contributed by atoms with E-state index >= 15 is 0 Å². The van der Waals surface area contributed by atoms with Crippen LogP contribution in [0.15, 0.2) is 36.4 Å². The highest BCUT2D eigenvalue weighted by Gasteiger charge is 2.53. The molecule has 2 saturated heterocycles. The van der Waals surface area contributed by atoms with Crippen molar-refractivity contribution >= 4 is 53.1 Å². The van der Waals surface area contributed by atoms with Gasteiger partial charge in [-0.3, -0.25) is 9.59 Å². The summed E-state index contributed by atoms with van der Waals surface area (Å²) in [6.07, 6.45) is 5.10. The van der Waals surface area contributed by atoms with Gasteiger partial charge in [0.1, 0.15) is 0 Å².